The highest BCUT2D eigenvalue weighted by molar-refractivity contribution is 6.31. The van der Waals surface area contributed by atoms with E-state index in [1.54, 1.807) is 6.92 Å². The molecule has 1 fully saturated rings. The quantitative estimate of drug-likeness (QED) is 0.454. The Balaban J connectivity index is 1.47. The van der Waals surface area contributed by atoms with Gasteiger partial charge in [0.05, 0.1) is 12.1 Å². The maximum absolute atomic E-state index is 14.8. The van der Waals surface area contributed by atoms with Crippen molar-refractivity contribution < 1.29 is 31.8 Å². The summed E-state index contributed by atoms with van der Waals surface area (Å²) in [5.41, 5.74) is -2.83. The zero-order valence-electron chi connectivity index (χ0n) is 19.1. The summed E-state index contributed by atoms with van der Waals surface area (Å²) < 4.78 is 74.0. The number of likely N-dealkylation sites (tertiary alicyclic amines) is 1. The molecule has 7 nitrogen and oxygen atoms in total. The number of ether oxygens (including phenoxy) is 1. The number of hydrogen-bond donors (Lipinski definition) is 1. The molecule has 0 unspecified atom stereocenters. The summed E-state index contributed by atoms with van der Waals surface area (Å²) in [5.74, 6) is -1.74. The van der Waals surface area contributed by atoms with Gasteiger partial charge in [0.25, 0.3) is 0 Å². The number of alkyl halides is 3. The normalized spacial score (nSPS) is 18.1. The molecule has 3 aromatic rings. The highest BCUT2D eigenvalue weighted by atomic mass is 35.5. The Bertz CT molecular complexity index is 1190. The molecular weight excluding hydrogens is 509 g/mol. The van der Waals surface area contributed by atoms with E-state index in [4.69, 9.17) is 16.3 Å². The van der Waals surface area contributed by atoms with Crippen LogP contribution in [0, 0.1) is 11.6 Å². The first-order valence-electron chi connectivity index (χ1n) is 11.1. The summed E-state index contributed by atoms with van der Waals surface area (Å²) in [7, 11) is 0. The molecule has 1 saturated heterocycles. The van der Waals surface area contributed by atoms with E-state index in [0.717, 1.165) is 18.2 Å². The van der Waals surface area contributed by atoms with E-state index < -0.39 is 35.0 Å². The predicted molar refractivity (Wildman–Crippen MR) is 119 cm³/mol. The van der Waals surface area contributed by atoms with E-state index in [-0.39, 0.29) is 29.1 Å². The van der Waals surface area contributed by atoms with Gasteiger partial charge in [0, 0.05) is 37.0 Å². The summed E-state index contributed by atoms with van der Waals surface area (Å²) in [5, 5.41) is 15.5. The largest absolute Gasteiger partial charge is 0.473 e. The van der Waals surface area contributed by atoms with Crippen molar-refractivity contribution >= 4 is 11.6 Å². The Morgan fingerprint density at radius 1 is 1.19 bits per heavy atom. The monoisotopic (exact) mass is 531 g/mol. The number of aromatic nitrogens is 4. The fourth-order valence-corrected chi connectivity index (χ4v) is 4.56. The minimum absolute atomic E-state index is 0.0778. The minimum Gasteiger partial charge on any atom is -0.473 e. The third kappa shape index (κ3) is 5.60. The molecule has 36 heavy (non-hydrogen) atoms. The summed E-state index contributed by atoms with van der Waals surface area (Å²) >= 11 is 5.95. The number of hydrogen-bond acceptors (Lipinski definition) is 6. The van der Waals surface area contributed by atoms with E-state index in [1.165, 1.54) is 23.4 Å². The molecule has 4 rings (SSSR count). The van der Waals surface area contributed by atoms with Crippen LogP contribution < -0.4 is 4.74 Å². The first-order chi connectivity index (χ1) is 17.0. The molecule has 194 valence electrons. The van der Waals surface area contributed by atoms with Crippen LogP contribution in [-0.4, -0.2) is 55.0 Å². The zero-order valence-corrected chi connectivity index (χ0v) is 19.8. The van der Waals surface area contributed by atoms with E-state index in [1.807, 2.05) is 4.90 Å². The fraction of sp³-hybridized carbons (Fsp3) is 0.435. The Labute approximate surface area is 208 Å². The van der Waals surface area contributed by atoms with Crippen LogP contribution in [0.3, 0.4) is 0 Å². The molecule has 0 aliphatic carbocycles. The highest BCUT2D eigenvalue weighted by Crippen LogP contribution is 2.36. The van der Waals surface area contributed by atoms with Gasteiger partial charge < -0.3 is 9.84 Å². The smallest absolute Gasteiger partial charge is 0.417 e. The third-order valence-electron chi connectivity index (χ3n) is 6.40. The van der Waals surface area contributed by atoms with Crippen LogP contribution in [0.15, 0.2) is 43.1 Å². The second kappa shape index (κ2) is 10.3. The molecule has 0 radical (unpaired) electrons. The molecular formula is C23H23ClF5N5O2. The lowest BCUT2D eigenvalue weighted by molar-refractivity contribution is -0.137. The summed E-state index contributed by atoms with van der Waals surface area (Å²) in [4.78, 5) is 9.51. The van der Waals surface area contributed by atoms with Crippen molar-refractivity contribution in [2.45, 2.75) is 50.2 Å². The highest BCUT2D eigenvalue weighted by Gasteiger charge is 2.43. The number of rotatable bonds is 7. The van der Waals surface area contributed by atoms with Gasteiger partial charge in [-0.25, -0.2) is 23.4 Å². The van der Waals surface area contributed by atoms with Crippen molar-refractivity contribution in [2.75, 3.05) is 13.1 Å². The Morgan fingerprint density at radius 3 is 2.50 bits per heavy atom. The molecule has 2 atom stereocenters. The molecule has 1 aliphatic heterocycles. The SMILES string of the molecule is C[C@@H](N1CCC(Oc2ncc(C(F)(F)F)cc2Cl)CC1)[C@](O)(Cn1cncn1)c1ccc(F)cc1F. The fourth-order valence-electron chi connectivity index (χ4n) is 4.35. The van der Waals surface area contributed by atoms with Crippen LogP contribution in [0.1, 0.15) is 30.9 Å². The molecule has 3 heterocycles. The molecule has 1 N–H and O–H groups in total. The van der Waals surface area contributed by atoms with Gasteiger partial charge in [-0.05, 0) is 31.9 Å². The van der Waals surface area contributed by atoms with Crippen LogP contribution in [0.5, 0.6) is 5.88 Å². The van der Waals surface area contributed by atoms with Crippen molar-refractivity contribution in [1.82, 2.24) is 24.6 Å². The van der Waals surface area contributed by atoms with Crippen LogP contribution in [0.25, 0.3) is 0 Å². The van der Waals surface area contributed by atoms with Crippen molar-refractivity contribution in [1.29, 1.82) is 0 Å². The number of halogens is 6. The topological polar surface area (TPSA) is 76.3 Å². The van der Waals surface area contributed by atoms with Crippen molar-refractivity contribution in [2.24, 2.45) is 0 Å². The lowest BCUT2D eigenvalue weighted by atomic mass is 9.84. The maximum atomic E-state index is 14.8. The Morgan fingerprint density at radius 2 is 1.92 bits per heavy atom. The average Bonchev–Trinajstić information content (AvgIpc) is 3.32. The molecule has 0 spiro atoms. The van der Waals surface area contributed by atoms with Gasteiger partial charge in [-0.15, -0.1) is 0 Å². The van der Waals surface area contributed by atoms with Crippen LogP contribution in [-0.2, 0) is 18.3 Å². The van der Waals surface area contributed by atoms with Crippen LogP contribution in [0.2, 0.25) is 5.02 Å². The second-order valence-corrected chi connectivity index (χ2v) is 9.09. The minimum atomic E-state index is -4.57. The molecule has 13 heteroatoms. The van der Waals surface area contributed by atoms with E-state index >= 15 is 0 Å². The number of piperidine rings is 1. The van der Waals surface area contributed by atoms with Gasteiger partial charge >= 0.3 is 6.18 Å². The summed E-state index contributed by atoms with van der Waals surface area (Å²) in [6.07, 6.45) is -0.691. The van der Waals surface area contributed by atoms with Gasteiger partial charge in [0.15, 0.2) is 0 Å². The molecule has 0 saturated carbocycles. The first-order valence-corrected chi connectivity index (χ1v) is 11.5. The van der Waals surface area contributed by atoms with Crippen molar-refractivity contribution in [3.8, 4) is 5.88 Å². The van der Waals surface area contributed by atoms with Crippen LogP contribution in [0.4, 0.5) is 22.0 Å². The number of benzene rings is 1. The van der Waals surface area contributed by atoms with E-state index in [2.05, 4.69) is 15.1 Å². The zero-order chi connectivity index (χ0) is 26.1. The van der Waals surface area contributed by atoms with Crippen molar-refractivity contribution in [3.05, 3.63) is 70.9 Å². The van der Waals surface area contributed by atoms with Gasteiger partial charge in [0.2, 0.25) is 5.88 Å². The molecule has 0 bridgehead atoms. The first kappa shape index (κ1) is 26.2. The number of pyridine rings is 1. The van der Waals surface area contributed by atoms with Crippen molar-refractivity contribution in [3.63, 3.8) is 0 Å². The van der Waals surface area contributed by atoms with E-state index in [0.29, 0.717) is 32.1 Å². The summed E-state index contributed by atoms with van der Waals surface area (Å²) in [6.45, 7) is 2.45. The third-order valence-corrected chi connectivity index (χ3v) is 6.67. The molecule has 1 aromatic carbocycles. The molecule has 1 aliphatic rings. The Kier molecular flexibility index (Phi) is 7.48. The lowest BCUT2D eigenvalue weighted by Crippen LogP contribution is -2.54. The standard InChI is InChI=1S/C23H23ClF5N5O2/c1-14(22(35,11-34-13-30-12-32-34)18-3-2-16(25)9-20(18)26)33-6-4-17(5-7-33)36-21-19(24)8-15(10-31-21)23(27,28)29/h2-3,8-10,12-14,17,35H,4-7,11H2,1H3/t14-,22-/m1/s1. The number of aliphatic hydroxyl groups is 1. The van der Waals surface area contributed by atoms with Gasteiger partial charge in [-0.3, -0.25) is 4.90 Å². The maximum Gasteiger partial charge on any atom is 0.417 e. The van der Waals surface area contributed by atoms with Gasteiger partial charge in [-0.2, -0.15) is 18.3 Å². The van der Waals surface area contributed by atoms with E-state index in [9.17, 15) is 27.1 Å². The molecule has 2 aromatic heterocycles. The van der Waals surface area contributed by atoms with Gasteiger partial charge in [0.1, 0.15) is 41.0 Å². The summed E-state index contributed by atoms with van der Waals surface area (Å²) in [6, 6.07) is 3.15. The van der Waals surface area contributed by atoms with Crippen LogP contribution >= 0.6 is 11.6 Å². The average molecular weight is 532 g/mol. The molecule has 0 amide bonds. The number of nitrogens with zero attached hydrogens (tertiary/aromatic N) is 5. The Hall–Kier alpha value is -2.83. The lowest BCUT2D eigenvalue weighted by Gasteiger charge is -2.44. The second-order valence-electron chi connectivity index (χ2n) is 8.68. The van der Waals surface area contributed by atoms with Gasteiger partial charge in [-0.1, -0.05) is 17.7 Å². The predicted octanol–water partition coefficient (Wildman–Crippen LogP) is 4.44.